The fourth-order valence-corrected chi connectivity index (χ4v) is 2.52. The summed E-state index contributed by atoms with van der Waals surface area (Å²) in [5, 5.41) is 5.84. The van der Waals surface area contributed by atoms with Crippen LogP contribution in [-0.4, -0.2) is 6.03 Å². The first-order valence-electron chi connectivity index (χ1n) is 8.40. The minimum Gasteiger partial charge on any atom is -0.331 e. The van der Waals surface area contributed by atoms with Crippen LogP contribution < -0.4 is 10.6 Å². The predicted molar refractivity (Wildman–Crippen MR) is 96.7 cm³/mol. The second-order valence-electron chi connectivity index (χ2n) is 5.88. The Labute approximate surface area is 139 Å². The molecule has 2 amide bonds. The summed E-state index contributed by atoms with van der Waals surface area (Å²) in [6.45, 7) is 4.19. The van der Waals surface area contributed by atoms with Crippen molar-refractivity contribution in [1.82, 2.24) is 5.32 Å². The van der Waals surface area contributed by atoms with E-state index in [0.717, 1.165) is 17.7 Å². The Balaban J connectivity index is 1.83. The van der Waals surface area contributed by atoms with Crippen molar-refractivity contribution >= 4 is 11.7 Å². The minimum absolute atomic E-state index is 0.0236. The van der Waals surface area contributed by atoms with E-state index in [1.807, 2.05) is 49.4 Å². The molecular weight excluding hydrogens is 284 g/mol. The van der Waals surface area contributed by atoms with Gasteiger partial charge in [-0.2, -0.15) is 0 Å². The molecule has 0 bridgehead atoms. The Bertz CT molecular complexity index is 593. The molecule has 2 aromatic carbocycles. The van der Waals surface area contributed by atoms with Crippen molar-refractivity contribution in [2.24, 2.45) is 0 Å². The number of amides is 2. The van der Waals surface area contributed by atoms with Crippen LogP contribution in [0.3, 0.4) is 0 Å². The van der Waals surface area contributed by atoms with E-state index in [4.69, 9.17) is 0 Å². The molecule has 3 heteroatoms. The van der Waals surface area contributed by atoms with E-state index in [2.05, 4.69) is 29.7 Å². The molecule has 1 atom stereocenters. The molecule has 0 aromatic heterocycles. The smallest absolute Gasteiger partial charge is 0.319 e. The summed E-state index contributed by atoms with van der Waals surface area (Å²) in [7, 11) is 0. The number of anilines is 1. The summed E-state index contributed by atoms with van der Waals surface area (Å²) in [5.74, 6) is 0. The van der Waals surface area contributed by atoms with Gasteiger partial charge in [0.05, 0.1) is 6.04 Å². The van der Waals surface area contributed by atoms with Gasteiger partial charge in [-0.1, -0.05) is 62.2 Å². The fraction of sp³-hybridized carbons (Fsp3) is 0.350. The third-order valence-electron chi connectivity index (χ3n) is 3.93. The van der Waals surface area contributed by atoms with Gasteiger partial charge in [0, 0.05) is 5.69 Å². The number of aryl methyl sites for hydroxylation is 1. The zero-order valence-electron chi connectivity index (χ0n) is 14.0. The topological polar surface area (TPSA) is 41.1 Å². The maximum Gasteiger partial charge on any atom is 0.319 e. The number of unbranched alkanes of at least 4 members (excludes halogenated alkanes) is 2. The molecule has 0 saturated heterocycles. The number of carbonyl (C=O) groups is 1. The lowest BCUT2D eigenvalue weighted by Gasteiger charge is -2.15. The Morgan fingerprint density at radius 1 is 1.00 bits per heavy atom. The number of benzene rings is 2. The van der Waals surface area contributed by atoms with Gasteiger partial charge in [0.25, 0.3) is 0 Å². The Morgan fingerprint density at radius 3 is 2.35 bits per heavy atom. The van der Waals surface area contributed by atoms with Gasteiger partial charge < -0.3 is 10.6 Å². The number of hydrogen-bond donors (Lipinski definition) is 2. The van der Waals surface area contributed by atoms with Gasteiger partial charge >= 0.3 is 6.03 Å². The molecule has 0 radical (unpaired) electrons. The van der Waals surface area contributed by atoms with Crippen molar-refractivity contribution in [3.63, 3.8) is 0 Å². The monoisotopic (exact) mass is 310 g/mol. The van der Waals surface area contributed by atoms with Crippen LogP contribution in [0.4, 0.5) is 10.5 Å². The van der Waals surface area contributed by atoms with Crippen LogP contribution in [0.15, 0.2) is 54.6 Å². The van der Waals surface area contributed by atoms with E-state index in [-0.39, 0.29) is 12.1 Å². The van der Waals surface area contributed by atoms with E-state index >= 15 is 0 Å². The minimum atomic E-state index is -0.180. The molecule has 0 aliphatic carbocycles. The second kappa shape index (κ2) is 8.99. The average molecular weight is 310 g/mol. The van der Waals surface area contributed by atoms with Crippen molar-refractivity contribution in [2.45, 2.75) is 45.6 Å². The molecule has 2 aromatic rings. The lowest BCUT2D eigenvalue weighted by molar-refractivity contribution is 0.249. The number of rotatable bonds is 7. The Kier molecular flexibility index (Phi) is 6.67. The second-order valence-corrected chi connectivity index (χ2v) is 5.88. The van der Waals surface area contributed by atoms with Gasteiger partial charge in [-0.25, -0.2) is 4.79 Å². The van der Waals surface area contributed by atoms with Gasteiger partial charge in [-0.3, -0.25) is 0 Å². The SMILES string of the molecule is CCCCCc1ccc(NC(=O)N[C@@H](C)c2ccccc2)cc1. The fourth-order valence-electron chi connectivity index (χ4n) is 2.52. The summed E-state index contributed by atoms with van der Waals surface area (Å²) < 4.78 is 0. The van der Waals surface area contributed by atoms with Crippen molar-refractivity contribution < 1.29 is 4.79 Å². The standard InChI is InChI=1S/C20H26N2O/c1-3-4-6-9-17-12-14-19(15-13-17)22-20(23)21-16(2)18-10-7-5-8-11-18/h5,7-8,10-16H,3-4,6,9H2,1-2H3,(H2,21,22,23)/t16-/m0/s1. The van der Waals surface area contributed by atoms with Crippen molar-refractivity contribution in [1.29, 1.82) is 0 Å². The van der Waals surface area contributed by atoms with Gasteiger partial charge in [-0.05, 0) is 43.0 Å². The molecule has 122 valence electrons. The Hall–Kier alpha value is -2.29. The molecule has 0 aliphatic rings. The first-order valence-corrected chi connectivity index (χ1v) is 8.40. The van der Waals surface area contributed by atoms with Gasteiger partial charge in [0.15, 0.2) is 0 Å². The molecule has 3 nitrogen and oxygen atoms in total. The number of nitrogens with one attached hydrogen (secondary N) is 2. The quantitative estimate of drug-likeness (QED) is 0.669. The Morgan fingerprint density at radius 2 is 1.70 bits per heavy atom. The van der Waals surface area contributed by atoms with Crippen LogP contribution in [0, 0.1) is 0 Å². The van der Waals surface area contributed by atoms with Crippen LogP contribution in [0.25, 0.3) is 0 Å². The normalized spacial score (nSPS) is 11.7. The molecule has 0 aliphatic heterocycles. The molecule has 0 fully saturated rings. The molecule has 0 spiro atoms. The largest absolute Gasteiger partial charge is 0.331 e. The number of urea groups is 1. The molecule has 2 rings (SSSR count). The van der Waals surface area contributed by atoms with Crippen LogP contribution >= 0.6 is 0 Å². The first-order chi connectivity index (χ1) is 11.2. The molecule has 0 saturated carbocycles. The zero-order chi connectivity index (χ0) is 16.5. The van der Waals surface area contributed by atoms with Gasteiger partial charge in [0.1, 0.15) is 0 Å². The highest BCUT2D eigenvalue weighted by atomic mass is 16.2. The summed E-state index contributed by atoms with van der Waals surface area (Å²) in [6, 6.07) is 17.8. The third kappa shape index (κ3) is 5.78. The zero-order valence-corrected chi connectivity index (χ0v) is 14.0. The van der Waals surface area contributed by atoms with Crippen molar-refractivity contribution in [3.05, 3.63) is 65.7 Å². The van der Waals surface area contributed by atoms with Crippen molar-refractivity contribution in [3.8, 4) is 0 Å². The van der Waals surface area contributed by atoms with Gasteiger partial charge in [0.2, 0.25) is 0 Å². The van der Waals surface area contributed by atoms with E-state index in [0.29, 0.717) is 0 Å². The van der Waals surface area contributed by atoms with Crippen LogP contribution in [0.5, 0.6) is 0 Å². The summed E-state index contributed by atoms with van der Waals surface area (Å²) in [4.78, 5) is 12.1. The number of carbonyl (C=O) groups excluding carboxylic acids is 1. The summed E-state index contributed by atoms with van der Waals surface area (Å²) in [6.07, 6.45) is 4.82. The highest BCUT2D eigenvalue weighted by Crippen LogP contribution is 2.14. The van der Waals surface area contributed by atoms with Crippen LogP contribution in [0.2, 0.25) is 0 Å². The van der Waals surface area contributed by atoms with Gasteiger partial charge in [-0.15, -0.1) is 0 Å². The molecule has 0 unspecified atom stereocenters. The van der Waals surface area contributed by atoms with Crippen LogP contribution in [0.1, 0.15) is 50.3 Å². The van der Waals surface area contributed by atoms with E-state index in [9.17, 15) is 4.79 Å². The highest BCUT2D eigenvalue weighted by molar-refractivity contribution is 5.89. The van der Waals surface area contributed by atoms with E-state index < -0.39 is 0 Å². The average Bonchev–Trinajstić information content (AvgIpc) is 2.57. The first kappa shape index (κ1) is 17.1. The van der Waals surface area contributed by atoms with E-state index in [1.54, 1.807) is 0 Å². The maximum absolute atomic E-state index is 12.1. The molecular formula is C20H26N2O. The predicted octanol–water partition coefficient (Wildman–Crippen LogP) is 5.30. The van der Waals surface area contributed by atoms with E-state index in [1.165, 1.54) is 24.8 Å². The summed E-state index contributed by atoms with van der Waals surface area (Å²) in [5.41, 5.74) is 3.23. The lowest BCUT2D eigenvalue weighted by Crippen LogP contribution is -2.31. The lowest BCUT2D eigenvalue weighted by atomic mass is 10.1. The third-order valence-corrected chi connectivity index (χ3v) is 3.93. The van der Waals surface area contributed by atoms with Crippen molar-refractivity contribution in [2.75, 3.05) is 5.32 Å². The molecule has 23 heavy (non-hydrogen) atoms. The molecule has 0 heterocycles. The maximum atomic E-state index is 12.1. The number of hydrogen-bond acceptors (Lipinski definition) is 1. The summed E-state index contributed by atoms with van der Waals surface area (Å²) >= 11 is 0. The highest BCUT2D eigenvalue weighted by Gasteiger charge is 2.08. The van der Waals surface area contributed by atoms with Crippen LogP contribution in [-0.2, 0) is 6.42 Å². The molecule has 2 N–H and O–H groups in total.